The molecule has 0 spiro atoms. The van der Waals surface area contributed by atoms with Gasteiger partial charge in [0.2, 0.25) is 11.6 Å². The van der Waals surface area contributed by atoms with Crippen LogP contribution in [0.3, 0.4) is 0 Å². The van der Waals surface area contributed by atoms with Gasteiger partial charge in [0.25, 0.3) is 0 Å². The first-order chi connectivity index (χ1) is 14.7. The summed E-state index contributed by atoms with van der Waals surface area (Å²) in [5.41, 5.74) is 2.23. The number of nitrogens with one attached hydrogen (secondary N) is 1. The molecule has 0 aliphatic carbocycles. The summed E-state index contributed by atoms with van der Waals surface area (Å²) in [6, 6.07) is 16.7. The highest BCUT2D eigenvalue weighted by molar-refractivity contribution is 7.99. The minimum absolute atomic E-state index is 0.168. The Morgan fingerprint density at radius 3 is 2.57 bits per heavy atom. The molecule has 3 heterocycles. The van der Waals surface area contributed by atoms with Gasteiger partial charge in [-0.25, -0.2) is 18.9 Å². The van der Waals surface area contributed by atoms with Gasteiger partial charge < -0.3 is 10.2 Å². The molecule has 0 radical (unpaired) electrons. The van der Waals surface area contributed by atoms with Gasteiger partial charge in [0.15, 0.2) is 5.82 Å². The van der Waals surface area contributed by atoms with Gasteiger partial charge in [0.05, 0.1) is 11.0 Å². The van der Waals surface area contributed by atoms with Gasteiger partial charge in [0.1, 0.15) is 6.54 Å². The molecule has 1 amide bonds. The number of hydrogen-bond acceptors (Lipinski definition) is 6. The molecule has 1 saturated heterocycles. The number of hydrogen-bond donors (Lipinski definition) is 1. The lowest BCUT2D eigenvalue weighted by Crippen LogP contribution is -2.33. The second-order valence-corrected chi connectivity index (χ2v) is 8.26. The number of aromatic nitrogens is 4. The number of rotatable bonds is 4. The van der Waals surface area contributed by atoms with Crippen LogP contribution in [0.25, 0.3) is 16.7 Å². The van der Waals surface area contributed by atoms with Gasteiger partial charge in [-0.15, -0.1) is 5.10 Å². The summed E-state index contributed by atoms with van der Waals surface area (Å²) in [6.07, 6.45) is 0. The van der Waals surface area contributed by atoms with Crippen molar-refractivity contribution < 1.29 is 4.79 Å². The summed E-state index contributed by atoms with van der Waals surface area (Å²) < 4.78 is 2.78. The van der Waals surface area contributed by atoms with Crippen LogP contribution in [-0.2, 0) is 11.3 Å². The number of carbonyl (C=O) groups is 1. The van der Waals surface area contributed by atoms with Crippen molar-refractivity contribution in [1.29, 1.82) is 0 Å². The Bertz CT molecular complexity index is 1280. The van der Waals surface area contributed by atoms with Crippen LogP contribution >= 0.6 is 11.8 Å². The number of para-hydroxylation sites is 3. The Labute approximate surface area is 176 Å². The Morgan fingerprint density at radius 1 is 1.03 bits per heavy atom. The summed E-state index contributed by atoms with van der Waals surface area (Å²) >= 11 is 1.90. The quantitative estimate of drug-likeness (QED) is 0.545. The van der Waals surface area contributed by atoms with E-state index in [1.165, 1.54) is 4.68 Å². The summed E-state index contributed by atoms with van der Waals surface area (Å²) in [5.74, 6) is 2.39. The van der Waals surface area contributed by atoms with Crippen molar-refractivity contribution in [3.8, 4) is 0 Å². The summed E-state index contributed by atoms with van der Waals surface area (Å²) in [6.45, 7) is 1.53. The SMILES string of the molecule is O=C(Cn1nc2c(N3CCSCC3)nc3ccccc3n2c1=O)Nc1ccccc1. The predicted molar refractivity (Wildman–Crippen MR) is 119 cm³/mol. The summed E-state index contributed by atoms with van der Waals surface area (Å²) in [7, 11) is 0. The van der Waals surface area contributed by atoms with Crippen molar-refractivity contribution in [3.05, 3.63) is 65.1 Å². The molecule has 0 saturated carbocycles. The second kappa shape index (κ2) is 7.83. The van der Waals surface area contributed by atoms with Gasteiger partial charge in [-0.3, -0.25) is 4.79 Å². The fourth-order valence-corrected chi connectivity index (χ4v) is 4.53. The van der Waals surface area contributed by atoms with Crippen molar-refractivity contribution in [2.24, 2.45) is 0 Å². The molecule has 1 fully saturated rings. The van der Waals surface area contributed by atoms with Gasteiger partial charge in [-0.2, -0.15) is 11.8 Å². The maximum Gasteiger partial charge on any atom is 0.351 e. The van der Waals surface area contributed by atoms with Crippen LogP contribution in [0.1, 0.15) is 0 Å². The third kappa shape index (κ3) is 3.41. The zero-order chi connectivity index (χ0) is 20.5. The number of fused-ring (bicyclic) bond motifs is 3. The Hall–Kier alpha value is -3.33. The highest BCUT2D eigenvalue weighted by Gasteiger charge is 2.22. The van der Waals surface area contributed by atoms with Crippen LogP contribution in [0.15, 0.2) is 59.4 Å². The Kier molecular flexibility index (Phi) is 4.88. The first kappa shape index (κ1) is 18.7. The first-order valence-electron chi connectivity index (χ1n) is 9.76. The number of benzene rings is 2. The van der Waals surface area contributed by atoms with Crippen molar-refractivity contribution in [1.82, 2.24) is 19.2 Å². The zero-order valence-electron chi connectivity index (χ0n) is 16.2. The standard InChI is InChI=1S/C21H20N6O2S/c28-18(22-15-6-2-1-3-7-15)14-26-21(29)27-17-9-5-4-8-16(17)23-19(20(27)24-26)25-10-12-30-13-11-25/h1-9H,10-14H2,(H,22,28). The van der Waals surface area contributed by atoms with Gasteiger partial charge in [-0.1, -0.05) is 30.3 Å². The molecule has 1 aliphatic heterocycles. The number of carbonyl (C=O) groups excluding carboxylic acids is 1. The van der Waals surface area contributed by atoms with Crippen LogP contribution in [0, 0.1) is 0 Å². The minimum Gasteiger partial charge on any atom is -0.352 e. The lowest BCUT2D eigenvalue weighted by atomic mass is 10.3. The number of thioether (sulfide) groups is 1. The van der Waals surface area contributed by atoms with Crippen molar-refractivity contribution >= 4 is 45.9 Å². The zero-order valence-corrected chi connectivity index (χ0v) is 17.0. The van der Waals surface area contributed by atoms with E-state index >= 15 is 0 Å². The molecule has 5 rings (SSSR count). The second-order valence-electron chi connectivity index (χ2n) is 7.04. The maximum atomic E-state index is 13.2. The van der Waals surface area contributed by atoms with E-state index in [4.69, 9.17) is 4.98 Å². The predicted octanol–water partition coefficient (Wildman–Crippen LogP) is 2.24. The molecule has 8 nitrogen and oxygen atoms in total. The van der Waals surface area contributed by atoms with E-state index in [1.54, 1.807) is 16.5 Å². The maximum absolute atomic E-state index is 13.2. The molecule has 9 heteroatoms. The molecule has 2 aromatic heterocycles. The third-order valence-electron chi connectivity index (χ3n) is 5.05. The first-order valence-corrected chi connectivity index (χ1v) is 10.9. The van der Waals surface area contributed by atoms with E-state index in [0.717, 1.165) is 30.1 Å². The molecule has 30 heavy (non-hydrogen) atoms. The van der Waals surface area contributed by atoms with Crippen LogP contribution in [0.5, 0.6) is 0 Å². The fourth-order valence-electron chi connectivity index (χ4n) is 3.63. The topological polar surface area (TPSA) is 84.5 Å². The molecule has 2 aromatic carbocycles. The summed E-state index contributed by atoms with van der Waals surface area (Å²) in [4.78, 5) is 32.7. The normalized spacial score (nSPS) is 14.3. The molecular weight excluding hydrogens is 400 g/mol. The fraction of sp³-hybridized carbons (Fsp3) is 0.238. The molecular formula is C21H20N6O2S. The van der Waals surface area contributed by atoms with E-state index in [-0.39, 0.29) is 18.1 Å². The molecule has 4 aromatic rings. The number of anilines is 2. The number of nitrogens with zero attached hydrogens (tertiary/aromatic N) is 5. The molecule has 152 valence electrons. The molecule has 1 N–H and O–H groups in total. The Balaban J connectivity index is 1.58. The molecule has 0 atom stereocenters. The van der Waals surface area contributed by atoms with Crippen molar-refractivity contribution in [2.45, 2.75) is 6.54 Å². The number of amides is 1. The van der Waals surface area contributed by atoms with Crippen molar-refractivity contribution in [3.63, 3.8) is 0 Å². The average molecular weight is 420 g/mol. The smallest absolute Gasteiger partial charge is 0.351 e. The van der Waals surface area contributed by atoms with E-state index < -0.39 is 0 Å². The third-order valence-corrected chi connectivity index (χ3v) is 5.99. The lowest BCUT2D eigenvalue weighted by Gasteiger charge is -2.27. The van der Waals surface area contributed by atoms with Crippen LogP contribution in [0.4, 0.5) is 11.5 Å². The highest BCUT2D eigenvalue weighted by atomic mass is 32.2. The molecule has 0 bridgehead atoms. The largest absolute Gasteiger partial charge is 0.352 e. The van der Waals surface area contributed by atoms with Gasteiger partial charge >= 0.3 is 5.69 Å². The van der Waals surface area contributed by atoms with Gasteiger partial charge in [0, 0.05) is 30.3 Å². The monoisotopic (exact) mass is 420 g/mol. The lowest BCUT2D eigenvalue weighted by molar-refractivity contribution is -0.117. The minimum atomic E-state index is -0.348. The Morgan fingerprint density at radius 2 is 1.77 bits per heavy atom. The summed E-state index contributed by atoms with van der Waals surface area (Å²) in [5, 5.41) is 7.31. The van der Waals surface area contributed by atoms with Gasteiger partial charge in [-0.05, 0) is 24.3 Å². The van der Waals surface area contributed by atoms with Crippen LogP contribution < -0.4 is 15.9 Å². The van der Waals surface area contributed by atoms with E-state index in [2.05, 4.69) is 15.3 Å². The van der Waals surface area contributed by atoms with E-state index in [0.29, 0.717) is 22.7 Å². The molecule has 1 aliphatic rings. The van der Waals surface area contributed by atoms with Crippen molar-refractivity contribution in [2.75, 3.05) is 34.8 Å². The van der Waals surface area contributed by atoms with E-state index in [9.17, 15) is 9.59 Å². The molecule has 0 unspecified atom stereocenters. The van der Waals surface area contributed by atoms with Crippen LogP contribution in [-0.4, -0.2) is 49.7 Å². The average Bonchev–Trinajstić information content (AvgIpc) is 3.10. The highest BCUT2D eigenvalue weighted by Crippen LogP contribution is 2.24. The van der Waals surface area contributed by atoms with Crippen LogP contribution in [0.2, 0.25) is 0 Å². The van der Waals surface area contributed by atoms with E-state index in [1.807, 2.05) is 54.2 Å².